The zero-order valence-corrected chi connectivity index (χ0v) is 8.90. The molecule has 1 radical (unpaired) electrons. The van der Waals surface area contributed by atoms with Gasteiger partial charge in [-0.1, -0.05) is 44.8 Å². The topological polar surface area (TPSA) is 20.2 Å². The van der Waals surface area contributed by atoms with E-state index < -0.39 is 0 Å². The molecule has 0 aromatic heterocycles. The van der Waals surface area contributed by atoms with Crippen molar-refractivity contribution in [2.75, 3.05) is 6.61 Å². The first-order valence-electron chi connectivity index (χ1n) is 4.67. The zero-order chi connectivity index (χ0) is 8.53. The smallest absolute Gasteiger partial charge is 0.0431 e. The Bertz CT molecular complexity index is 74.0. The van der Waals surface area contributed by atoms with Gasteiger partial charge in [-0.2, -0.15) is 0 Å². The van der Waals surface area contributed by atoms with Gasteiger partial charge in [-0.15, -0.1) is 0 Å². The average Bonchev–Trinajstić information content (AvgIpc) is 1.96. The minimum atomic E-state index is 0.0235. The van der Waals surface area contributed by atoms with Crippen molar-refractivity contribution in [3.05, 3.63) is 0 Å². The van der Waals surface area contributed by atoms with Gasteiger partial charge in [-0.25, -0.2) is 0 Å². The molecule has 0 atom stereocenters. The van der Waals surface area contributed by atoms with Crippen LogP contribution in [0, 0.1) is 0 Å². The fourth-order valence-electron chi connectivity index (χ4n) is 1.12. The van der Waals surface area contributed by atoms with Crippen molar-refractivity contribution in [2.45, 2.75) is 51.2 Å². The van der Waals surface area contributed by atoms with Crippen LogP contribution in [0.5, 0.6) is 0 Å². The number of hydrogen-bond donors (Lipinski definition) is 1. The molecule has 0 aliphatic heterocycles. The molecule has 0 aliphatic carbocycles. The van der Waals surface area contributed by atoms with Gasteiger partial charge in [0.15, 0.2) is 0 Å². The Kier molecular flexibility index (Phi) is 8.41. The van der Waals surface area contributed by atoms with Crippen molar-refractivity contribution in [2.24, 2.45) is 0 Å². The van der Waals surface area contributed by atoms with Crippen LogP contribution in [0.1, 0.15) is 32.1 Å². The lowest BCUT2D eigenvalue weighted by Crippen LogP contribution is -1.97. The molecule has 1 N–H and O–H groups in total. The third-order valence-electron chi connectivity index (χ3n) is 1.83. The summed E-state index contributed by atoms with van der Waals surface area (Å²) in [5.41, 5.74) is 0. The molecular formula is C9H21OSi. The highest BCUT2D eigenvalue weighted by Gasteiger charge is 1.95. The Morgan fingerprint density at radius 3 is 2.00 bits per heavy atom. The Hall–Kier alpha value is 0.177. The van der Waals surface area contributed by atoms with Gasteiger partial charge < -0.3 is 5.11 Å². The van der Waals surface area contributed by atoms with E-state index >= 15 is 0 Å². The largest absolute Gasteiger partial charge is 0.396 e. The summed E-state index contributed by atoms with van der Waals surface area (Å²) in [5.74, 6) is 0. The van der Waals surface area contributed by atoms with Crippen molar-refractivity contribution in [3.8, 4) is 0 Å². The molecule has 0 fully saturated rings. The zero-order valence-electron chi connectivity index (χ0n) is 7.90. The quantitative estimate of drug-likeness (QED) is 0.463. The standard InChI is InChI=1S/C9H21OSi/c1-11(2)9-7-5-3-4-6-8-10/h10H,3-9H2,1-2H3. The number of rotatable bonds is 7. The van der Waals surface area contributed by atoms with Crippen molar-refractivity contribution < 1.29 is 5.11 Å². The molecule has 2 heteroatoms. The van der Waals surface area contributed by atoms with Crippen molar-refractivity contribution in [3.63, 3.8) is 0 Å². The summed E-state index contributed by atoms with van der Waals surface area (Å²) in [6, 6.07) is 1.46. The highest BCUT2D eigenvalue weighted by atomic mass is 28.3. The maximum absolute atomic E-state index is 8.52. The summed E-state index contributed by atoms with van der Waals surface area (Å²) >= 11 is 0. The number of hydrogen-bond acceptors (Lipinski definition) is 1. The van der Waals surface area contributed by atoms with Gasteiger partial charge in [-0.05, 0) is 6.42 Å². The summed E-state index contributed by atoms with van der Waals surface area (Å²) in [5, 5.41) is 8.52. The highest BCUT2D eigenvalue weighted by molar-refractivity contribution is 6.55. The van der Waals surface area contributed by atoms with E-state index in [4.69, 9.17) is 5.11 Å². The molecule has 67 valence electrons. The van der Waals surface area contributed by atoms with Crippen molar-refractivity contribution in [1.29, 1.82) is 0 Å². The molecule has 0 aliphatic rings. The molecule has 0 bridgehead atoms. The lowest BCUT2D eigenvalue weighted by atomic mass is 10.2. The minimum absolute atomic E-state index is 0.0235. The number of unbranched alkanes of at least 4 members (excludes halogenated alkanes) is 4. The van der Waals surface area contributed by atoms with Gasteiger partial charge in [0, 0.05) is 15.4 Å². The van der Waals surface area contributed by atoms with E-state index in [9.17, 15) is 0 Å². The Morgan fingerprint density at radius 1 is 0.909 bits per heavy atom. The van der Waals surface area contributed by atoms with Gasteiger partial charge in [0.1, 0.15) is 0 Å². The van der Waals surface area contributed by atoms with Gasteiger partial charge in [0.25, 0.3) is 0 Å². The summed E-state index contributed by atoms with van der Waals surface area (Å²) in [6.45, 7) is 5.12. The number of aliphatic hydroxyl groups is 1. The van der Waals surface area contributed by atoms with Gasteiger partial charge in [-0.3, -0.25) is 0 Å². The van der Waals surface area contributed by atoms with E-state index in [1.807, 2.05) is 0 Å². The lowest BCUT2D eigenvalue weighted by Gasteiger charge is -2.01. The van der Waals surface area contributed by atoms with Crippen LogP contribution < -0.4 is 0 Å². The lowest BCUT2D eigenvalue weighted by molar-refractivity contribution is 0.282. The average molecular weight is 173 g/mol. The summed E-state index contributed by atoms with van der Waals surface area (Å²) in [4.78, 5) is 0. The normalized spacial score (nSPS) is 10.9. The first kappa shape index (κ1) is 11.2. The molecule has 1 nitrogen and oxygen atoms in total. The number of aliphatic hydroxyl groups excluding tert-OH is 1. The van der Waals surface area contributed by atoms with Gasteiger partial charge in [0.05, 0.1) is 0 Å². The molecular weight excluding hydrogens is 152 g/mol. The van der Waals surface area contributed by atoms with Crippen LogP contribution in [-0.2, 0) is 0 Å². The maximum Gasteiger partial charge on any atom is 0.0431 e. The maximum atomic E-state index is 8.52. The monoisotopic (exact) mass is 173 g/mol. The van der Waals surface area contributed by atoms with E-state index in [1.165, 1.54) is 31.7 Å². The van der Waals surface area contributed by atoms with Crippen LogP contribution in [0.15, 0.2) is 0 Å². The molecule has 0 aromatic carbocycles. The minimum Gasteiger partial charge on any atom is -0.396 e. The first-order chi connectivity index (χ1) is 5.27. The van der Waals surface area contributed by atoms with Crippen LogP contribution in [-0.4, -0.2) is 20.5 Å². The molecule has 0 unspecified atom stereocenters. The molecule has 0 aromatic rings. The third kappa shape index (κ3) is 10.2. The van der Waals surface area contributed by atoms with Crippen LogP contribution in [0.3, 0.4) is 0 Å². The molecule has 11 heavy (non-hydrogen) atoms. The van der Waals surface area contributed by atoms with Crippen molar-refractivity contribution in [1.82, 2.24) is 0 Å². The van der Waals surface area contributed by atoms with E-state index in [-0.39, 0.29) is 8.80 Å². The van der Waals surface area contributed by atoms with Crippen LogP contribution in [0.25, 0.3) is 0 Å². The highest BCUT2D eigenvalue weighted by Crippen LogP contribution is 2.07. The Labute approximate surface area is 72.4 Å². The molecule has 0 heterocycles. The second kappa shape index (κ2) is 8.28. The predicted molar refractivity (Wildman–Crippen MR) is 52.5 cm³/mol. The second-order valence-electron chi connectivity index (χ2n) is 3.45. The predicted octanol–water partition coefficient (Wildman–Crippen LogP) is 2.68. The molecule has 0 spiro atoms. The first-order valence-corrected chi connectivity index (χ1v) is 7.38. The molecule has 0 saturated carbocycles. The van der Waals surface area contributed by atoms with Crippen LogP contribution in [0.2, 0.25) is 19.1 Å². The summed E-state index contributed by atoms with van der Waals surface area (Å²) < 4.78 is 0. The Balaban J connectivity index is 2.80. The molecule has 0 saturated heterocycles. The summed E-state index contributed by atoms with van der Waals surface area (Å²) in [7, 11) is 0.0235. The van der Waals surface area contributed by atoms with Crippen LogP contribution in [0.4, 0.5) is 0 Å². The van der Waals surface area contributed by atoms with E-state index in [1.54, 1.807) is 0 Å². The fraction of sp³-hybridized carbons (Fsp3) is 1.00. The van der Waals surface area contributed by atoms with Crippen molar-refractivity contribution >= 4 is 8.80 Å². The molecule has 0 rings (SSSR count). The Morgan fingerprint density at radius 2 is 1.45 bits per heavy atom. The van der Waals surface area contributed by atoms with E-state index in [0.717, 1.165) is 6.42 Å². The van der Waals surface area contributed by atoms with E-state index in [2.05, 4.69) is 13.1 Å². The SMILES string of the molecule is C[Si](C)CCCCCCCO. The second-order valence-corrected chi connectivity index (χ2v) is 6.36. The molecule has 0 amide bonds. The fourth-order valence-corrected chi connectivity index (χ4v) is 2.08. The van der Waals surface area contributed by atoms with E-state index in [0.29, 0.717) is 6.61 Å². The third-order valence-corrected chi connectivity index (χ3v) is 3.19. The van der Waals surface area contributed by atoms with Crippen LogP contribution >= 0.6 is 0 Å². The summed E-state index contributed by atoms with van der Waals surface area (Å²) in [6.07, 6.45) is 6.31. The van der Waals surface area contributed by atoms with Gasteiger partial charge >= 0.3 is 0 Å². The van der Waals surface area contributed by atoms with Gasteiger partial charge in [0.2, 0.25) is 0 Å².